The largest absolute Gasteiger partial charge is 0.471 e. The van der Waals surface area contributed by atoms with E-state index in [0.29, 0.717) is 5.57 Å². The zero-order valence-corrected chi connectivity index (χ0v) is 15.7. The van der Waals surface area contributed by atoms with Crippen LogP contribution in [0.15, 0.2) is 23.5 Å². The minimum Gasteiger partial charge on any atom is -0.471 e. The highest BCUT2D eigenvalue weighted by Gasteiger charge is 2.52. The van der Waals surface area contributed by atoms with Crippen molar-refractivity contribution in [1.82, 2.24) is 0 Å². The van der Waals surface area contributed by atoms with Gasteiger partial charge in [-0.1, -0.05) is 6.08 Å². The van der Waals surface area contributed by atoms with Gasteiger partial charge in [-0.3, -0.25) is 0 Å². The number of esters is 1. The number of ether oxygens (including phenoxy) is 4. The van der Waals surface area contributed by atoms with Crippen LogP contribution in [0, 0.1) is 17.8 Å². The van der Waals surface area contributed by atoms with Gasteiger partial charge in [0.05, 0.1) is 38.1 Å². The van der Waals surface area contributed by atoms with Gasteiger partial charge in [0.25, 0.3) is 0 Å². The van der Waals surface area contributed by atoms with Crippen molar-refractivity contribution in [2.75, 3.05) is 26.9 Å². The Hall–Kier alpha value is -1.57. The summed E-state index contributed by atoms with van der Waals surface area (Å²) in [7, 11) is 1.21. The maximum atomic E-state index is 12.1. The lowest BCUT2D eigenvalue weighted by atomic mass is 9.79. The summed E-state index contributed by atoms with van der Waals surface area (Å²) >= 11 is 0. The molecule has 11 nitrogen and oxygen atoms in total. The van der Waals surface area contributed by atoms with Crippen LogP contribution < -0.4 is 0 Å². The molecule has 0 amide bonds. The van der Waals surface area contributed by atoms with E-state index in [1.165, 1.54) is 7.11 Å². The highest BCUT2D eigenvalue weighted by molar-refractivity contribution is 5.89. The van der Waals surface area contributed by atoms with Crippen molar-refractivity contribution in [3.63, 3.8) is 0 Å². The second-order valence-electron chi connectivity index (χ2n) is 7.20. The number of carbonyl (C=O) groups is 1. The lowest BCUT2D eigenvalue weighted by Gasteiger charge is -2.43. The van der Waals surface area contributed by atoms with Gasteiger partial charge in [-0.05, 0) is 5.57 Å². The predicted molar refractivity (Wildman–Crippen MR) is 92.5 cm³/mol. The third-order valence-corrected chi connectivity index (χ3v) is 5.62. The van der Waals surface area contributed by atoms with E-state index in [9.17, 15) is 35.4 Å². The topological polar surface area (TPSA) is 175 Å². The number of methoxy groups -OCH3 is 1. The number of aliphatic hydroxyl groups excluding tert-OH is 6. The van der Waals surface area contributed by atoms with Crippen molar-refractivity contribution in [3.05, 3.63) is 23.5 Å². The van der Waals surface area contributed by atoms with Crippen LogP contribution in [-0.4, -0.2) is 101 Å². The van der Waals surface area contributed by atoms with Crippen LogP contribution in [0.4, 0.5) is 0 Å². The first-order chi connectivity index (χ1) is 13.9. The maximum Gasteiger partial charge on any atom is 0.337 e. The quantitative estimate of drug-likeness (QED) is 0.191. The van der Waals surface area contributed by atoms with Crippen LogP contribution in [0.5, 0.6) is 0 Å². The molecule has 164 valence electrons. The Morgan fingerprint density at radius 1 is 1.03 bits per heavy atom. The van der Waals surface area contributed by atoms with E-state index in [4.69, 9.17) is 18.9 Å². The highest BCUT2D eigenvalue weighted by Crippen LogP contribution is 2.47. The predicted octanol–water partition coefficient (Wildman–Crippen LogP) is -3.01. The lowest BCUT2D eigenvalue weighted by molar-refractivity contribution is -0.340. The van der Waals surface area contributed by atoms with Crippen molar-refractivity contribution in [1.29, 1.82) is 0 Å². The van der Waals surface area contributed by atoms with E-state index in [2.05, 4.69) is 0 Å². The smallest absolute Gasteiger partial charge is 0.337 e. The molecule has 0 spiro atoms. The van der Waals surface area contributed by atoms with Gasteiger partial charge in [-0.2, -0.15) is 0 Å². The fourth-order valence-electron chi connectivity index (χ4n) is 4.11. The molecule has 0 bridgehead atoms. The van der Waals surface area contributed by atoms with Gasteiger partial charge in [0, 0.05) is 18.4 Å². The summed E-state index contributed by atoms with van der Waals surface area (Å²) in [6, 6.07) is 0. The van der Waals surface area contributed by atoms with E-state index >= 15 is 0 Å². The number of hydrogen-bond acceptors (Lipinski definition) is 11. The molecular formula is C18H26O11. The summed E-state index contributed by atoms with van der Waals surface area (Å²) in [5.74, 6) is -2.48. The Kier molecular flexibility index (Phi) is 6.91. The van der Waals surface area contributed by atoms with Gasteiger partial charge < -0.3 is 49.6 Å². The van der Waals surface area contributed by atoms with Crippen LogP contribution in [0.1, 0.15) is 0 Å². The molecule has 1 saturated heterocycles. The Labute approximate surface area is 166 Å². The first kappa shape index (κ1) is 22.1. The molecule has 0 aromatic rings. The summed E-state index contributed by atoms with van der Waals surface area (Å²) in [5.41, 5.74) is 0.614. The van der Waals surface area contributed by atoms with Crippen molar-refractivity contribution in [2.24, 2.45) is 17.8 Å². The third-order valence-electron chi connectivity index (χ3n) is 5.62. The molecule has 0 unspecified atom stereocenters. The Balaban J connectivity index is 1.87. The van der Waals surface area contributed by atoms with Crippen molar-refractivity contribution >= 4 is 5.97 Å². The summed E-state index contributed by atoms with van der Waals surface area (Å²) in [6.45, 7) is -1.31. The molecule has 1 fully saturated rings. The first-order valence-electron chi connectivity index (χ1n) is 9.20. The van der Waals surface area contributed by atoms with Crippen LogP contribution in [0.25, 0.3) is 0 Å². The van der Waals surface area contributed by atoms with Gasteiger partial charge in [0.2, 0.25) is 6.29 Å². The molecule has 9 atom stereocenters. The Morgan fingerprint density at radius 2 is 1.76 bits per heavy atom. The molecule has 2 aliphatic heterocycles. The molecule has 1 aliphatic carbocycles. The van der Waals surface area contributed by atoms with Crippen LogP contribution in [-0.2, 0) is 23.7 Å². The molecule has 2 heterocycles. The fraction of sp³-hybridized carbons (Fsp3) is 0.722. The second kappa shape index (κ2) is 9.06. The van der Waals surface area contributed by atoms with E-state index in [1.807, 2.05) is 0 Å². The fourth-order valence-corrected chi connectivity index (χ4v) is 4.11. The number of aliphatic hydroxyl groups is 6. The van der Waals surface area contributed by atoms with Gasteiger partial charge >= 0.3 is 5.97 Å². The zero-order valence-electron chi connectivity index (χ0n) is 15.7. The standard InChI is InChI=1S/C18H26O11/c1-26-16(25)9-6-27-17(12-8(4-20)2-7(3-19)11(9)12)29-18-15(24)14(23)13(22)10(5-21)28-18/h2,6-7,10-15,17-24H,3-5H2,1H3/t7-,10-,11-,12-,13-,14+,15-,17+,18+/m1/s1. The van der Waals surface area contributed by atoms with E-state index in [1.54, 1.807) is 6.08 Å². The number of carbonyl (C=O) groups excluding carboxylic acids is 1. The molecule has 0 saturated carbocycles. The minimum atomic E-state index is -1.64. The summed E-state index contributed by atoms with van der Waals surface area (Å²) in [6.07, 6.45) is -5.82. The highest BCUT2D eigenvalue weighted by atomic mass is 16.8. The van der Waals surface area contributed by atoms with E-state index in [0.717, 1.165) is 6.26 Å². The maximum absolute atomic E-state index is 12.1. The Morgan fingerprint density at radius 3 is 2.34 bits per heavy atom. The number of hydrogen-bond donors (Lipinski definition) is 6. The van der Waals surface area contributed by atoms with E-state index in [-0.39, 0.29) is 18.8 Å². The minimum absolute atomic E-state index is 0.157. The van der Waals surface area contributed by atoms with Gasteiger partial charge in [0.15, 0.2) is 6.29 Å². The lowest BCUT2D eigenvalue weighted by Crippen LogP contribution is -2.60. The van der Waals surface area contributed by atoms with Crippen molar-refractivity contribution < 1.29 is 54.4 Å². The number of fused-ring (bicyclic) bond motifs is 1. The van der Waals surface area contributed by atoms with Crippen LogP contribution >= 0.6 is 0 Å². The normalized spacial score (nSPS) is 41.8. The molecule has 0 aromatic heterocycles. The molecular weight excluding hydrogens is 392 g/mol. The van der Waals surface area contributed by atoms with E-state index < -0.39 is 67.3 Å². The Bertz CT molecular complexity index is 660. The van der Waals surface area contributed by atoms with Crippen LogP contribution in [0.2, 0.25) is 0 Å². The SMILES string of the molecule is COC(=O)C1=CO[C@@H](O[C@@H]2O[C@H](CO)[C@@H](O)[C@H](O)[C@H]2O)[C@@H]2C(CO)=C[C@H](CO)[C@H]12. The van der Waals surface area contributed by atoms with Gasteiger partial charge in [-0.25, -0.2) is 4.79 Å². The molecule has 3 rings (SSSR count). The monoisotopic (exact) mass is 418 g/mol. The average molecular weight is 418 g/mol. The van der Waals surface area contributed by atoms with Crippen molar-refractivity contribution in [3.8, 4) is 0 Å². The van der Waals surface area contributed by atoms with Crippen molar-refractivity contribution in [2.45, 2.75) is 37.0 Å². The summed E-state index contributed by atoms with van der Waals surface area (Å²) < 4.78 is 21.3. The molecule has 6 N–H and O–H groups in total. The molecule has 11 heteroatoms. The summed E-state index contributed by atoms with van der Waals surface area (Å²) in [4.78, 5) is 12.1. The average Bonchev–Trinajstić information content (AvgIpc) is 3.13. The van der Waals surface area contributed by atoms with Gasteiger partial charge in [-0.15, -0.1) is 0 Å². The molecule has 29 heavy (non-hydrogen) atoms. The molecule has 3 aliphatic rings. The number of rotatable bonds is 6. The molecule has 0 radical (unpaired) electrons. The second-order valence-corrected chi connectivity index (χ2v) is 7.20. The zero-order chi connectivity index (χ0) is 21.3. The van der Waals surface area contributed by atoms with Gasteiger partial charge in [0.1, 0.15) is 24.4 Å². The summed E-state index contributed by atoms with van der Waals surface area (Å²) in [5, 5.41) is 58.8. The first-order valence-corrected chi connectivity index (χ1v) is 9.20. The third kappa shape index (κ3) is 3.92. The van der Waals surface area contributed by atoms with Crippen LogP contribution in [0.3, 0.4) is 0 Å². The molecule has 0 aromatic carbocycles.